The maximum Gasteiger partial charge on any atom is 0.335 e. The Kier molecular flexibility index (Phi) is 7.02. The van der Waals surface area contributed by atoms with Crippen LogP contribution in [0, 0.1) is 0 Å². The molecule has 0 aromatic heterocycles. The zero-order valence-corrected chi connectivity index (χ0v) is 20.6. The van der Waals surface area contributed by atoms with Crippen LogP contribution in [0.5, 0.6) is 11.5 Å². The lowest BCUT2D eigenvalue weighted by Gasteiger charge is -2.26. The summed E-state index contributed by atoms with van der Waals surface area (Å²) in [6.07, 6.45) is 2.08. The zero-order chi connectivity index (χ0) is 23.7. The van der Waals surface area contributed by atoms with Crippen LogP contribution in [-0.2, 0) is 31.0 Å². The summed E-state index contributed by atoms with van der Waals surface area (Å²) < 4.78 is 34.9. The van der Waals surface area contributed by atoms with E-state index in [-0.39, 0.29) is 29.2 Å². The SMILES string of the molecule is CC1SC(C(ON)c2ccc(CP3(=O)OCCCCO3)cc2)Cc2cc3c(cc2C1=O)OCO3. The summed E-state index contributed by atoms with van der Waals surface area (Å²) in [5.41, 5.74) is 3.30. The molecule has 34 heavy (non-hydrogen) atoms. The van der Waals surface area contributed by atoms with E-state index in [4.69, 9.17) is 29.3 Å². The van der Waals surface area contributed by atoms with E-state index in [1.165, 1.54) is 0 Å². The minimum atomic E-state index is -3.13. The van der Waals surface area contributed by atoms with Crippen molar-refractivity contribution in [2.45, 2.75) is 49.0 Å². The molecular weight excluding hydrogens is 477 g/mol. The van der Waals surface area contributed by atoms with Crippen molar-refractivity contribution in [3.8, 4) is 11.5 Å². The quantitative estimate of drug-likeness (QED) is 0.453. The van der Waals surface area contributed by atoms with E-state index in [2.05, 4.69) is 0 Å². The average Bonchev–Trinajstić information content (AvgIpc) is 3.12. The van der Waals surface area contributed by atoms with Gasteiger partial charge in [0.25, 0.3) is 0 Å². The molecule has 5 rings (SSSR count). The van der Waals surface area contributed by atoms with Gasteiger partial charge in [-0.3, -0.25) is 14.2 Å². The molecule has 3 atom stereocenters. The Bertz CT molecular complexity index is 1100. The lowest BCUT2D eigenvalue weighted by molar-refractivity contribution is 0.0510. The van der Waals surface area contributed by atoms with Gasteiger partial charge in [0.1, 0.15) is 6.10 Å². The Labute approximate surface area is 202 Å². The van der Waals surface area contributed by atoms with Crippen LogP contribution < -0.4 is 15.4 Å². The molecule has 3 heterocycles. The Hall–Kier alpha value is -1.87. The number of carbonyl (C=O) groups excluding carboxylic acids is 1. The third-order valence-electron chi connectivity index (χ3n) is 6.32. The lowest BCUT2D eigenvalue weighted by atomic mass is 9.94. The van der Waals surface area contributed by atoms with Gasteiger partial charge in [0.05, 0.1) is 24.6 Å². The van der Waals surface area contributed by atoms with Crippen LogP contribution in [0.4, 0.5) is 0 Å². The first-order valence-electron chi connectivity index (χ1n) is 11.4. The van der Waals surface area contributed by atoms with Gasteiger partial charge in [0.15, 0.2) is 17.3 Å². The molecule has 0 amide bonds. The van der Waals surface area contributed by atoms with Gasteiger partial charge in [-0.1, -0.05) is 24.3 Å². The lowest BCUT2D eigenvalue weighted by Crippen LogP contribution is -2.25. The number of ether oxygens (including phenoxy) is 2. The number of hydrogen-bond donors (Lipinski definition) is 1. The standard InChI is InChI=1S/C24H28NO7PS/c1-15-23(26)19-12-21-20(28-14-29-21)10-18(19)11-22(34-15)24(32-25)17-6-4-16(5-7-17)13-33(27)30-8-2-3-9-31-33/h4-7,10,12,15,22,24H,2-3,8-9,11,13-14,25H2,1H3. The van der Waals surface area contributed by atoms with Gasteiger partial charge in [0, 0.05) is 10.8 Å². The van der Waals surface area contributed by atoms with Gasteiger partial charge in [-0.2, -0.15) is 0 Å². The van der Waals surface area contributed by atoms with Gasteiger partial charge in [-0.15, -0.1) is 11.8 Å². The summed E-state index contributed by atoms with van der Waals surface area (Å²) in [5.74, 6) is 7.08. The molecule has 3 aliphatic heterocycles. The number of ketones is 1. The highest BCUT2D eigenvalue weighted by Gasteiger charge is 2.35. The third-order valence-corrected chi connectivity index (χ3v) is 9.61. The van der Waals surface area contributed by atoms with E-state index in [1.54, 1.807) is 17.8 Å². The highest BCUT2D eigenvalue weighted by atomic mass is 32.2. The molecule has 0 saturated carbocycles. The van der Waals surface area contributed by atoms with Crippen LogP contribution >= 0.6 is 19.4 Å². The topological polar surface area (TPSA) is 106 Å². The number of nitrogens with two attached hydrogens (primary N) is 1. The van der Waals surface area contributed by atoms with Crippen molar-refractivity contribution >= 4 is 25.1 Å². The molecule has 8 nitrogen and oxygen atoms in total. The molecule has 2 aromatic rings. The van der Waals surface area contributed by atoms with E-state index in [0.717, 1.165) is 29.5 Å². The van der Waals surface area contributed by atoms with Crippen LogP contribution in [0.15, 0.2) is 36.4 Å². The summed E-state index contributed by atoms with van der Waals surface area (Å²) in [4.78, 5) is 18.5. The summed E-state index contributed by atoms with van der Waals surface area (Å²) in [5, 5.41) is -0.360. The first-order chi connectivity index (χ1) is 16.5. The maximum absolute atomic E-state index is 13.1. The van der Waals surface area contributed by atoms with Gasteiger partial charge >= 0.3 is 7.60 Å². The van der Waals surface area contributed by atoms with Crippen LogP contribution in [0.25, 0.3) is 0 Å². The van der Waals surface area contributed by atoms with E-state index < -0.39 is 13.7 Å². The second-order valence-corrected chi connectivity index (χ2v) is 12.3. The van der Waals surface area contributed by atoms with E-state index in [1.807, 2.05) is 37.3 Å². The Balaban J connectivity index is 1.37. The molecule has 3 aliphatic rings. The van der Waals surface area contributed by atoms with Crippen molar-refractivity contribution in [3.63, 3.8) is 0 Å². The summed E-state index contributed by atoms with van der Waals surface area (Å²) in [6.45, 7) is 2.97. The first kappa shape index (κ1) is 23.9. The number of rotatable bonds is 5. The van der Waals surface area contributed by atoms with Crippen LogP contribution in [0.3, 0.4) is 0 Å². The summed E-state index contributed by atoms with van der Waals surface area (Å²) >= 11 is 1.55. The molecule has 0 spiro atoms. The predicted molar refractivity (Wildman–Crippen MR) is 128 cm³/mol. The second-order valence-electron chi connectivity index (χ2n) is 8.69. The van der Waals surface area contributed by atoms with Gasteiger partial charge in [-0.05, 0) is 55.0 Å². The average molecular weight is 506 g/mol. The Morgan fingerprint density at radius 3 is 2.47 bits per heavy atom. The van der Waals surface area contributed by atoms with Crippen molar-refractivity contribution in [2.24, 2.45) is 5.90 Å². The second kappa shape index (κ2) is 10.0. The summed E-state index contributed by atoms with van der Waals surface area (Å²) in [7, 11) is -3.13. The molecule has 3 unspecified atom stereocenters. The van der Waals surface area contributed by atoms with Crippen molar-refractivity contribution in [1.82, 2.24) is 0 Å². The van der Waals surface area contributed by atoms with Crippen LogP contribution in [0.2, 0.25) is 0 Å². The largest absolute Gasteiger partial charge is 0.454 e. The van der Waals surface area contributed by atoms with Crippen LogP contribution in [0.1, 0.15) is 52.9 Å². The fourth-order valence-electron chi connectivity index (χ4n) is 4.53. The predicted octanol–water partition coefficient (Wildman–Crippen LogP) is 4.80. The van der Waals surface area contributed by atoms with Gasteiger partial charge < -0.3 is 18.5 Å². The molecule has 1 saturated heterocycles. The van der Waals surface area contributed by atoms with Gasteiger partial charge in [0.2, 0.25) is 6.79 Å². The summed E-state index contributed by atoms with van der Waals surface area (Å²) in [6, 6.07) is 11.3. The minimum absolute atomic E-state index is 0.0556. The molecule has 0 aliphatic carbocycles. The fraction of sp³-hybridized carbons (Fsp3) is 0.458. The number of thioether (sulfide) groups is 1. The number of hydrogen-bond acceptors (Lipinski definition) is 9. The first-order valence-corrected chi connectivity index (χ1v) is 14.1. The molecule has 10 heteroatoms. The monoisotopic (exact) mass is 505 g/mol. The van der Waals surface area contributed by atoms with Gasteiger partial charge in [-0.25, -0.2) is 5.90 Å². The molecule has 182 valence electrons. The number of fused-ring (bicyclic) bond motifs is 2. The smallest absolute Gasteiger partial charge is 0.335 e. The van der Waals surface area contributed by atoms with Crippen molar-refractivity contribution in [2.75, 3.05) is 20.0 Å². The molecule has 2 aromatic carbocycles. The van der Waals surface area contributed by atoms with E-state index in [9.17, 15) is 9.36 Å². The fourth-order valence-corrected chi connectivity index (χ4v) is 7.67. The van der Waals surface area contributed by atoms with Crippen LogP contribution in [-0.4, -0.2) is 36.3 Å². The number of Topliss-reactive ketones (excluding diaryl/α,β-unsaturated/α-hetero) is 1. The Morgan fingerprint density at radius 2 is 1.79 bits per heavy atom. The normalized spacial score (nSPS) is 24.7. The van der Waals surface area contributed by atoms with Crippen molar-refractivity contribution < 1.29 is 32.7 Å². The van der Waals surface area contributed by atoms with E-state index in [0.29, 0.717) is 36.7 Å². The number of carbonyl (C=O) groups is 1. The highest BCUT2D eigenvalue weighted by molar-refractivity contribution is 8.01. The molecular formula is C24H28NO7PS. The molecule has 2 N–H and O–H groups in total. The van der Waals surface area contributed by atoms with Crippen molar-refractivity contribution in [1.29, 1.82) is 0 Å². The molecule has 1 fully saturated rings. The maximum atomic E-state index is 13.1. The van der Waals surface area contributed by atoms with E-state index >= 15 is 0 Å². The van der Waals surface area contributed by atoms with Crippen molar-refractivity contribution in [3.05, 3.63) is 58.7 Å². The highest BCUT2D eigenvalue weighted by Crippen LogP contribution is 2.53. The third kappa shape index (κ3) is 4.91. The zero-order valence-electron chi connectivity index (χ0n) is 18.9. The minimum Gasteiger partial charge on any atom is -0.454 e. The number of benzene rings is 2. The molecule has 0 bridgehead atoms. The Morgan fingerprint density at radius 1 is 1.12 bits per heavy atom. The molecule has 0 radical (unpaired) electrons.